The van der Waals surface area contributed by atoms with Crippen molar-refractivity contribution in [3.8, 4) is 11.5 Å². The molecule has 10 heteroatoms. The zero-order chi connectivity index (χ0) is 20.0. The van der Waals surface area contributed by atoms with Gasteiger partial charge in [-0.1, -0.05) is 5.22 Å². The average molecular weight is 388 g/mol. The summed E-state index contributed by atoms with van der Waals surface area (Å²) in [7, 11) is 2.95. The second-order valence-electron chi connectivity index (χ2n) is 6.12. The van der Waals surface area contributed by atoms with Gasteiger partial charge in [-0.05, 0) is 12.1 Å². The number of carbonyl (C=O) groups is 2. The normalized spacial score (nSPS) is 20.7. The molecule has 0 bridgehead atoms. The molecule has 0 saturated carbocycles. The maximum absolute atomic E-state index is 13.6. The van der Waals surface area contributed by atoms with Gasteiger partial charge in [-0.15, -0.1) is 0 Å². The minimum absolute atomic E-state index is 0.0679. The lowest BCUT2D eigenvalue weighted by molar-refractivity contribution is -0.121. The summed E-state index contributed by atoms with van der Waals surface area (Å²) in [4.78, 5) is 26.4. The van der Waals surface area contributed by atoms with Gasteiger partial charge in [0.25, 0.3) is 11.8 Å². The quantitative estimate of drug-likeness (QED) is 0.752. The fourth-order valence-electron chi connectivity index (χ4n) is 3.18. The number of hydrogen-bond donors (Lipinski definition) is 0. The van der Waals surface area contributed by atoms with E-state index in [2.05, 4.69) is 10.3 Å². The van der Waals surface area contributed by atoms with Crippen LogP contribution in [0.25, 0.3) is 0 Å². The van der Waals surface area contributed by atoms with Gasteiger partial charge in [0.15, 0.2) is 23.7 Å². The molecule has 28 heavy (non-hydrogen) atoms. The van der Waals surface area contributed by atoms with Crippen molar-refractivity contribution in [3.63, 3.8) is 0 Å². The third-order valence-electron chi connectivity index (χ3n) is 4.54. The van der Waals surface area contributed by atoms with Crippen molar-refractivity contribution in [2.75, 3.05) is 24.1 Å². The molecule has 0 radical (unpaired) electrons. The monoisotopic (exact) mass is 388 g/mol. The molecule has 4 rings (SSSR count). The molecule has 2 heterocycles. The summed E-state index contributed by atoms with van der Waals surface area (Å²) >= 11 is 0. The molecule has 0 aromatic heterocycles. The largest absolute Gasteiger partial charge is 0.497 e. The molecule has 1 saturated heterocycles. The Balaban J connectivity index is 1.71. The highest BCUT2D eigenvalue weighted by Crippen LogP contribution is 2.37. The van der Waals surface area contributed by atoms with Crippen LogP contribution >= 0.6 is 0 Å². The molecule has 0 N–H and O–H groups in total. The van der Waals surface area contributed by atoms with Crippen molar-refractivity contribution in [2.45, 2.75) is 12.1 Å². The third-order valence-corrected chi connectivity index (χ3v) is 4.54. The van der Waals surface area contributed by atoms with Crippen LogP contribution in [0.3, 0.4) is 0 Å². The molecular formula is C18H14F2N4O4. The Kier molecular flexibility index (Phi) is 4.17. The lowest BCUT2D eigenvalue weighted by Crippen LogP contribution is -2.40. The van der Waals surface area contributed by atoms with Crippen LogP contribution in [0.1, 0.15) is 0 Å². The molecule has 2 aromatic carbocycles. The van der Waals surface area contributed by atoms with E-state index in [9.17, 15) is 18.4 Å². The van der Waals surface area contributed by atoms with Gasteiger partial charge in [0.1, 0.15) is 11.5 Å². The molecule has 2 aromatic rings. The molecule has 2 aliphatic heterocycles. The number of imide groups is 1. The lowest BCUT2D eigenvalue weighted by atomic mass is 10.1. The van der Waals surface area contributed by atoms with E-state index in [1.54, 1.807) is 18.2 Å². The lowest BCUT2D eigenvalue weighted by Gasteiger charge is -2.21. The van der Waals surface area contributed by atoms with Crippen molar-refractivity contribution in [1.82, 2.24) is 0 Å². The van der Waals surface area contributed by atoms with Crippen molar-refractivity contribution in [3.05, 3.63) is 48.0 Å². The molecule has 2 amide bonds. The highest BCUT2D eigenvalue weighted by Gasteiger charge is 2.55. The summed E-state index contributed by atoms with van der Waals surface area (Å²) in [6.07, 6.45) is 0. The number of ether oxygens (including phenoxy) is 2. The van der Waals surface area contributed by atoms with Crippen LogP contribution < -0.4 is 19.4 Å². The Morgan fingerprint density at radius 2 is 1.57 bits per heavy atom. The van der Waals surface area contributed by atoms with Crippen LogP contribution in [-0.4, -0.2) is 38.1 Å². The first kappa shape index (κ1) is 17.8. The van der Waals surface area contributed by atoms with Gasteiger partial charge in [0.05, 0.1) is 25.6 Å². The van der Waals surface area contributed by atoms with Crippen molar-refractivity contribution in [2.24, 2.45) is 10.3 Å². The first-order valence-corrected chi connectivity index (χ1v) is 8.20. The third kappa shape index (κ3) is 2.65. The van der Waals surface area contributed by atoms with Crippen molar-refractivity contribution >= 4 is 23.2 Å². The number of methoxy groups -OCH3 is 2. The van der Waals surface area contributed by atoms with E-state index in [0.717, 1.165) is 23.1 Å². The second kappa shape index (κ2) is 6.55. The molecule has 144 valence electrons. The van der Waals surface area contributed by atoms with Gasteiger partial charge in [-0.2, -0.15) is 5.11 Å². The number of benzene rings is 2. The number of halogens is 2. The zero-order valence-electron chi connectivity index (χ0n) is 14.8. The number of amides is 2. The summed E-state index contributed by atoms with van der Waals surface area (Å²) in [6.45, 7) is 0. The predicted octanol–water partition coefficient (Wildman–Crippen LogP) is 2.48. The van der Waals surface area contributed by atoms with E-state index < -0.39 is 35.5 Å². The molecule has 0 unspecified atom stereocenters. The molecule has 0 aliphatic carbocycles. The topological polar surface area (TPSA) is 83.8 Å². The van der Waals surface area contributed by atoms with Crippen LogP contribution in [0.5, 0.6) is 11.5 Å². The Morgan fingerprint density at radius 1 is 0.893 bits per heavy atom. The Bertz CT molecular complexity index is 991. The van der Waals surface area contributed by atoms with E-state index in [0.29, 0.717) is 17.2 Å². The standard InChI is InChI=1S/C18H14F2N4O4/c1-27-11-5-10(6-12(8-11)28-2)24-16-15(21-22-24)17(25)23(18(16)26)9-3-4-13(19)14(20)7-9/h3-8,15-16H,1-2H3/t15-,16-/m1/s1. The van der Waals surface area contributed by atoms with Crippen molar-refractivity contribution < 1.29 is 27.8 Å². The second-order valence-corrected chi connectivity index (χ2v) is 6.12. The molecular weight excluding hydrogens is 374 g/mol. The molecule has 8 nitrogen and oxygen atoms in total. The Labute approximate surface area is 157 Å². The summed E-state index contributed by atoms with van der Waals surface area (Å²) in [5, 5.41) is 9.14. The van der Waals surface area contributed by atoms with E-state index in [-0.39, 0.29) is 5.69 Å². The number of hydrogen-bond acceptors (Lipinski definition) is 7. The molecule has 0 spiro atoms. The fraction of sp³-hybridized carbons (Fsp3) is 0.222. The van der Waals surface area contributed by atoms with E-state index in [1.165, 1.54) is 19.2 Å². The minimum atomic E-state index is -1.16. The summed E-state index contributed by atoms with van der Waals surface area (Å²) < 4.78 is 37.2. The summed E-state index contributed by atoms with van der Waals surface area (Å²) in [6, 6.07) is 5.54. The first-order chi connectivity index (χ1) is 13.4. The smallest absolute Gasteiger partial charge is 0.263 e. The number of nitrogens with zero attached hydrogens (tertiary/aromatic N) is 4. The van der Waals surface area contributed by atoms with E-state index in [1.807, 2.05) is 0 Å². The van der Waals surface area contributed by atoms with Crippen LogP contribution in [0.15, 0.2) is 46.7 Å². The number of carbonyl (C=O) groups excluding carboxylic acids is 2. The maximum Gasteiger partial charge on any atom is 0.263 e. The van der Waals surface area contributed by atoms with Gasteiger partial charge in [-0.3, -0.25) is 9.59 Å². The van der Waals surface area contributed by atoms with Gasteiger partial charge in [0.2, 0.25) is 0 Å². The van der Waals surface area contributed by atoms with Gasteiger partial charge in [0, 0.05) is 24.3 Å². The highest BCUT2D eigenvalue weighted by molar-refractivity contribution is 6.26. The molecule has 1 fully saturated rings. The maximum atomic E-state index is 13.6. The zero-order valence-corrected chi connectivity index (χ0v) is 14.8. The van der Waals surface area contributed by atoms with Crippen LogP contribution in [0.2, 0.25) is 0 Å². The number of fused-ring (bicyclic) bond motifs is 1. The van der Waals surface area contributed by atoms with E-state index in [4.69, 9.17) is 9.47 Å². The number of rotatable bonds is 4. The first-order valence-electron chi connectivity index (χ1n) is 8.20. The van der Waals surface area contributed by atoms with Crippen molar-refractivity contribution in [1.29, 1.82) is 0 Å². The minimum Gasteiger partial charge on any atom is -0.497 e. The molecule has 2 atom stereocenters. The predicted molar refractivity (Wildman–Crippen MR) is 93.3 cm³/mol. The Morgan fingerprint density at radius 3 is 2.18 bits per heavy atom. The fourth-order valence-corrected chi connectivity index (χ4v) is 3.18. The average Bonchev–Trinajstić information content (AvgIpc) is 3.24. The van der Waals surface area contributed by atoms with Crippen LogP contribution in [0.4, 0.5) is 20.2 Å². The molecule has 2 aliphatic rings. The van der Waals surface area contributed by atoms with Gasteiger partial charge in [-0.25, -0.2) is 18.7 Å². The SMILES string of the molecule is COc1cc(OC)cc(N2N=N[C@H]3C(=O)N(c4ccc(F)c(F)c4)C(=O)[C@@H]32)c1. The van der Waals surface area contributed by atoms with Crippen LogP contribution in [0, 0.1) is 11.6 Å². The van der Waals surface area contributed by atoms with Gasteiger partial charge >= 0.3 is 0 Å². The highest BCUT2D eigenvalue weighted by atomic mass is 19.2. The van der Waals surface area contributed by atoms with Crippen LogP contribution in [-0.2, 0) is 9.59 Å². The number of anilines is 2. The van der Waals surface area contributed by atoms with Gasteiger partial charge < -0.3 is 9.47 Å². The summed E-state index contributed by atoms with van der Waals surface area (Å²) in [5.41, 5.74) is 0.363. The Hall–Kier alpha value is -3.56. The summed E-state index contributed by atoms with van der Waals surface area (Å²) in [5.74, 6) is -2.63. The van der Waals surface area contributed by atoms with E-state index >= 15 is 0 Å².